The normalized spacial score (nSPS) is 19.5. The van der Waals surface area contributed by atoms with Gasteiger partial charge in [0.05, 0.1) is 12.2 Å². The summed E-state index contributed by atoms with van der Waals surface area (Å²) in [5.74, 6) is 1.58. The Bertz CT molecular complexity index is 588. The predicted molar refractivity (Wildman–Crippen MR) is 95.1 cm³/mol. The predicted octanol–water partition coefficient (Wildman–Crippen LogP) is 2.20. The highest BCUT2D eigenvalue weighted by Gasteiger charge is 2.29. The van der Waals surface area contributed by atoms with Crippen LogP contribution in [0.2, 0.25) is 0 Å². The van der Waals surface area contributed by atoms with Gasteiger partial charge in [-0.25, -0.2) is 9.97 Å². The third-order valence-corrected chi connectivity index (χ3v) is 4.35. The first-order chi connectivity index (χ1) is 9.61. The average molecular weight is 363 g/mol. The molecule has 2 heterocycles. The zero-order valence-corrected chi connectivity index (χ0v) is 14.6. The fraction of sp³-hybridized carbons (Fsp3) is 0.462. The van der Waals surface area contributed by atoms with Crippen molar-refractivity contribution in [1.29, 1.82) is 0 Å². The molecule has 22 heavy (non-hydrogen) atoms. The van der Waals surface area contributed by atoms with E-state index in [0.717, 1.165) is 35.9 Å². The quantitative estimate of drug-likeness (QED) is 0.865. The number of halogens is 2. The molecule has 0 aromatic carbocycles. The molecular formula is C13H20Cl2N6S. The summed E-state index contributed by atoms with van der Waals surface area (Å²) in [5, 5.41) is 3.02. The molecule has 6 nitrogen and oxygen atoms in total. The fourth-order valence-corrected chi connectivity index (χ4v) is 3.06. The summed E-state index contributed by atoms with van der Waals surface area (Å²) < 4.78 is 0. The summed E-state index contributed by atoms with van der Waals surface area (Å²) in [6, 6.07) is 2.31. The lowest BCUT2D eigenvalue weighted by atomic mass is 9.78. The van der Waals surface area contributed by atoms with Gasteiger partial charge in [-0.3, -0.25) is 0 Å². The molecule has 122 valence electrons. The van der Waals surface area contributed by atoms with Gasteiger partial charge in [-0.2, -0.15) is 4.98 Å². The van der Waals surface area contributed by atoms with Gasteiger partial charge >= 0.3 is 0 Å². The number of nitrogens with two attached hydrogens (primary N) is 2. The van der Waals surface area contributed by atoms with Crippen molar-refractivity contribution >= 4 is 47.9 Å². The number of nitrogens with zero attached hydrogens (tertiary/aromatic N) is 4. The van der Waals surface area contributed by atoms with E-state index in [9.17, 15) is 0 Å². The molecule has 3 rings (SSSR count). The van der Waals surface area contributed by atoms with Crippen molar-refractivity contribution in [3.63, 3.8) is 0 Å². The molecule has 0 spiro atoms. The second kappa shape index (κ2) is 7.92. The van der Waals surface area contributed by atoms with E-state index in [-0.39, 0.29) is 24.8 Å². The van der Waals surface area contributed by atoms with Crippen molar-refractivity contribution in [1.82, 2.24) is 15.0 Å². The molecule has 0 unspecified atom stereocenters. The summed E-state index contributed by atoms with van der Waals surface area (Å²) in [6.45, 7) is 0.720. The maximum Gasteiger partial charge on any atom is 0.222 e. The van der Waals surface area contributed by atoms with E-state index in [1.807, 2.05) is 29.6 Å². The molecule has 0 bridgehead atoms. The Morgan fingerprint density at radius 2 is 2.05 bits per heavy atom. The number of hydrogen-bond donors (Lipinski definition) is 2. The summed E-state index contributed by atoms with van der Waals surface area (Å²) >= 11 is 1.63. The molecule has 1 saturated carbocycles. The van der Waals surface area contributed by atoms with Gasteiger partial charge in [0, 0.05) is 36.7 Å². The maximum absolute atomic E-state index is 5.84. The Morgan fingerprint density at radius 3 is 2.64 bits per heavy atom. The van der Waals surface area contributed by atoms with Crippen LogP contribution in [0.5, 0.6) is 0 Å². The first-order valence-electron chi connectivity index (χ1n) is 6.61. The Balaban J connectivity index is 0.00000121. The standard InChI is InChI=1S/C13H18N6S.2ClH/c1-19(7-12-16-2-3-20-12)11-6-10(17-13(15)18-11)8-4-9(14)5-8;;/h2-3,6,8-9H,4-5,7,14H2,1H3,(H2,15,17,18);2*1H. The minimum atomic E-state index is 0. The molecule has 1 fully saturated rings. The molecule has 0 radical (unpaired) electrons. The van der Waals surface area contributed by atoms with Crippen molar-refractivity contribution in [2.24, 2.45) is 5.73 Å². The number of rotatable bonds is 4. The van der Waals surface area contributed by atoms with Gasteiger partial charge in [0.1, 0.15) is 10.8 Å². The van der Waals surface area contributed by atoms with Crippen LogP contribution in [-0.2, 0) is 6.54 Å². The zero-order chi connectivity index (χ0) is 14.1. The SMILES string of the molecule is CN(Cc1nccs1)c1cc(C2CC(N)C2)nc(N)n1.Cl.Cl. The largest absolute Gasteiger partial charge is 0.368 e. The molecule has 1 aliphatic rings. The van der Waals surface area contributed by atoms with Gasteiger partial charge in [-0.1, -0.05) is 0 Å². The Morgan fingerprint density at radius 1 is 1.32 bits per heavy atom. The lowest BCUT2D eigenvalue weighted by molar-refractivity contribution is 0.345. The lowest BCUT2D eigenvalue weighted by Gasteiger charge is -2.32. The van der Waals surface area contributed by atoms with Crippen LogP contribution >= 0.6 is 36.2 Å². The molecule has 1 aliphatic carbocycles. The van der Waals surface area contributed by atoms with Gasteiger partial charge in [0.25, 0.3) is 0 Å². The Hall–Kier alpha value is -1.15. The van der Waals surface area contributed by atoms with Crippen LogP contribution in [0.25, 0.3) is 0 Å². The number of thiazole rings is 1. The van der Waals surface area contributed by atoms with Crippen LogP contribution in [0.15, 0.2) is 17.6 Å². The van der Waals surface area contributed by atoms with Crippen molar-refractivity contribution in [2.75, 3.05) is 17.7 Å². The highest BCUT2D eigenvalue weighted by molar-refractivity contribution is 7.09. The van der Waals surface area contributed by atoms with Gasteiger partial charge in [-0.15, -0.1) is 36.2 Å². The third-order valence-electron chi connectivity index (χ3n) is 3.59. The zero-order valence-electron chi connectivity index (χ0n) is 12.2. The average Bonchev–Trinajstić information content (AvgIpc) is 2.87. The minimum Gasteiger partial charge on any atom is -0.368 e. The highest BCUT2D eigenvalue weighted by atomic mass is 35.5. The van der Waals surface area contributed by atoms with E-state index in [1.54, 1.807) is 11.3 Å². The molecule has 0 amide bonds. The van der Waals surface area contributed by atoms with E-state index in [4.69, 9.17) is 11.5 Å². The molecule has 2 aromatic heterocycles. The highest BCUT2D eigenvalue weighted by Crippen LogP contribution is 2.35. The molecule has 4 N–H and O–H groups in total. The van der Waals surface area contributed by atoms with Crippen LogP contribution in [0.4, 0.5) is 11.8 Å². The number of anilines is 2. The van der Waals surface area contributed by atoms with E-state index < -0.39 is 0 Å². The van der Waals surface area contributed by atoms with E-state index in [2.05, 4.69) is 15.0 Å². The van der Waals surface area contributed by atoms with Gasteiger partial charge < -0.3 is 16.4 Å². The van der Waals surface area contributed by atoms with Crippen molar-refractivity contribution < 1.29 is 0 Å². The maximum atomic E-state index is 5.84. The monoisotopic (exact) mass is 362 g/mol. The van der Waals surface area contributed by atoms with E-state index in [1.165, 1.54) is 0 Å². The van der Waals surface area contributed by atoms with E-state index >= 15 is 0 Å². The van der Waals surface area contributed by atoms with Crippen LogP contribution in [-0.4, -0.2) is 28.0 Å². The first kappa shape index (κ1) is 18.9. The summed E-state index contributed by atoms with van der Waals surface area (Å²) in [7, 11) is 1.99. The lowest BCUT2D eigenvalue weighted by Crippen LogP contribution is -2.35. The fourth-order valence-electron chi connectivity index (χ4n) is 2.39. The molecule has 9 heteroatoms. The molecule has 0 aliphatic heterocycles. The second-order valence-corrected chi connectivity index (χ2v) is 6.20. The van der Waals surface area contributed by atoms with Gasteiger partial charge in [0.15, 0.2) is 0 Å². The number of nitrogen functional groups attached to an aromatic ring is 1. The van der Waals surface area contributed by atoms with Crippen LogP contribution in [0, 0.1) is 0 Å². The number of hydrogen-bond acceptors (Lipinski definition) is 7. The number of aromatic nitrogens is 3. The summed E-state index contributed by atoms with van der Waals surface area (Å²) in [4.78, 5) is 15.0. The third kappa shape index (κ3) is 4.19. The summed E-state index contributed by atoms with van der Waals surface area (Å²) in [5.41, 5.74) is 12.7. The minimum absolute atomic E-state index is 0. The Labute approximate surface area is 146 Å². The van der Waals surface area contributed by atoms with Crippen LogP contribution in [0.1, 0.15) is 29.5 Å². The smallest absolute Gasteiger partial charge is 0.222 e. The second-order valence-electron chi connectivity index (χ2n) is 5.22. The summed E-state index contributed by atoms with van der Waals surface area (Å²) in [6.07, 6.45) is 3.77. The van der Waals surface area contributed by atoms with E-state index in [0.29, 0.717) is 17.9 Å². The van der Waals surface area contributed by atoms with Gasteiger partial charge in [0.2, 0.25) is 5.95 Å². The Kier molecular flexibility index (Phi) is 6.80. The topological polar surface area (TPSA) is 94.0 Å². The molecular weight excluding hydrogens is 343 g/mol. The molecule has 0 atom stereocenters. The van der Waals surface area contributed by atoms with Crippen molar-refractivity contribution in [3.05, 3.63) is 28.3 Å². The van der Waals surface area contributed by atoms with Gasteiger partial charge in [-0.05, 0) is 12.8 Å². The van der Waals surface area contributed by atoms with Crippen molar-refractivity contribution in [3.8, 4) is 0 Å². The van der Waals surface area contributed by atoms with Crippen LogP contribution in [0.3, 0.4) is 0 Å². The van der Waals surface area contributed by atoms with Crippen molar-refractivity contribution in [2.45, 2.75) is 31.3 Å². The molecule has 2 aromatic rings. The first-order valence-corrected chi connectivity index (χ1v) is 7.49. The molecule has 0 saturated heterocycles. The van der Waals surface area contributed by atoms with Crippen LogP contribution < -0.4 is 16.4 Å².